The van der Waals surface area contributed by atoms with Crippen LogP contribution in [0.1, 0.15) is 298 Å². The quantitative estimate of drug-likeness (QED) is 0.0344. The van der Waals surface area contributed by atoms with E-state index in [0.717, 1.165) is 75.5 Å². The van der Waals surface area contributed by atoms with E-state index in [0.29, 0.717) is 19.3 Å². The Morgan fingerprint density at radius 1 is 0.328 bits per heavy atom. The van der Waals surface area contributed by atoms with Crippen molar-refractivity contribution in [1.82, 2.24) is 0 Å². The van der Waals surface area contributed by atoms with Gasteiger partial charge >= 0.3 is 17.9 Å². The van der Waals surface area contributed by atoms with Crippen LogP contribution in [0.25, 0.3) is 0 Å². The van der Waals surface area contributed by atoms with Crippen LogP contribution in [0.5, 0.6) is 0 Å². The summed E-state index contributed by atoms with van der Waals surface area (Å²) in [5.41, 5.74) is 0. The van der Waals surface area contributed by atoms with Crippen LogP contribution in [0.2, 0.25) is 0 Å². The van der Waals surface area contributed by atoms with Crippen molar-refractivity contribution in [3.05, 3.63) is 0 Å². The van der Waals surface area contributed by atoms with Crippen LogP contribution < -0.4 is 0 Å². The summed E-state index contributed by atoms with van der Waals surface area (Å²) >= 11 is 0. The summed E-state index contributed by atoms with van der Waals surface area (Å²) in [6.07, 6.45) is 46.5. The monoisotopic (exact) mass is 863 g/mol. The highest BCUT2D eigenvalue weighted by Crippen LogP contribution is 2.19. The number of esters is 3. The van der Waals surface area contributed by atoms with Crippen LogP contribution in [0, 0.1) is 17.8 Å². The predicted octanol–water partition coefficient (Wildman–Crippen LogP) is 17.6. The first kappa shape index (κ1) is 59.4. The molecule has 0 rings (SSSR count). The molecule has 0 N–H and O–H groups in total. The minimum Gasteiger partial charge on any atom is -0.462 e. The van der Waals surface area contributed by atoms with Gasteiger partial charge < -0.3 is 14.2 Å². The lowest BCUT2D eigenvalue weighted by Crippen LogP contribution is -2.30. The summed E-state index contributed by atoms with van der Waals surface area (Å²) in [5.74, 6) is 1.71. The molecule has 0 fully saturated rings. The van der Waals surface area contributed by atoms with Gasteiger partial charge in [0.2, 0.25) is 0 Å². The van der Waals surface area contributed by atoms with Crippen LogP contribution in [0.3, 0.4) is 0 Å². The molecule has 3 atom stereocenters. The zero-order chi connectivity index (χ0) is 44.9. The molecule has 0 aromatic rings. The fraction of sp³-hybridized carbons (Fsp3) is 0.945. The van der Waals surface area contributed by atoms with Gasteiger partial charge in [0.05, 0.1) is 0 Å². The average Bonchev–Trinajstić information content (AvgIpc) is 3.24. The fourth-order valence-electron chi connectivity index (χ4n) is 8.23. The second-order valence-corrected chi connectivity index (χ2v) is 19.8. The van der Waals surface area contributed by atoms with Gasteiger partial charge in [-0.25, -0.2) is 0 Å². The normalized spacial score (nSPS) is 13.0. The van der Waals surface area contributed by atoms with Crippen molar-refractivity contribution in [2.24, 2.45) is 17.8 Å². The molecule has 0 amide bonds. The molecule has 0 bridgehead atoms. The molecule has 0 heterocycles. The minimum absolute atomic E-state index is 0.0646. The van der Waals surface area contributed by atoms with Crippen LogP contribution >= 0.6 is 0 Å². The van der Waals surface area contributed by atoms with Crippen LogP contribution in [-0.4, -0.2) is 37.2 Å². The first-order valence-corrected chi connectivity index (χ1v) is 27.2. The van der Waals surface area contributed by atoms with Gasteiger partial charge in [-0.2, -0.15) is 0 Å². The molecular weight excluding hydrogens is 757 g/mol. The second-order valence-electron chi connectivity index (χ2n) is 19.8. The summed E-state index contributed by atoms with van der Waals surface area (Å²) in [4.78, 5) is 38.0. The Bertz CT molecular complexity index is 949. The zero-order valence-electron chi connectivity index (χ0n) is 42.0. The predicted molar refractivity (Wildman–Crippen MR) is 261 cm³/mol. The Morgan fingerprint density at radius 2 is 0.574 bits per heavy atom. The van der Waals surface area contributed by atoms with E-state index in [4.69, 9.17) is 14.2 Å². The Labute approximate surface area is 380 Å². The van der Waals surface area contributed by atoms with E-state index in [1.54, 1.807) is 0 Å². The fourth-order valence-corrected chi connectivity index (χ4v) is 8.23. The molecule has 61 heavy (non-hydrogen) atoms. The van der Waals surface area contributed by atoms with Gasteiger partial charge in [-0.05, 0) is 37.0 Å². The number of carbonyl (C=O) groups is 3. The zero-order valence-corrected chi connectivity index (χ0v) is 42.0. The summed E-state index contributed by atoms with van der Waals surface area (Å²) in [6.45, 7) is 13.8. The van der Waals surface area contributed by atoms with E-state index in [1.165, 1.54) is 180 Å². The maximum Gasteiger partial charge on any atom is 0.306 e. The molecule has 6 nitrogen and oxygen atoms in total. The molecule has 0 saturated carbocycles. The Morgan fingerprint density at radius 3 is 0.852 bits per heavy atom. The van der Waals surface area contributed by atoms with Crippen molar-refractivity contribution >= 4 is 17.9 Å². The summed E-state index contributed by atoms with van der Waals surface area (Å²) in [6, 6.07) is 0. The molecule has 0 aliphatic rings. The summed E-state index contributed by atoms with van der Waals surface area (Å²) < 4.78 is 16.8. The Kier molecular flexibility index (Phi) is 45.2. The van der Waals surface area contributed by atoms with E-state index >= 15 is 0 Å². The van der Waals surface area contributed by atoms with Crippen molar-refractivity contribution in [2.75, 3.05) is 13.2 Å². The van der Waals surface area contributed by atoms with Gasteiger partial charge in [-0.15, -0.1) is 0 Å². The van der Waals surface area contributed by atoms with Gasteiger partial charge in [0.1, 0.15) is 13.2 Å². The molecule has 0 aliphatic heterocycles. The second kappa shape index (κ2) is 46.4. The third kappa shape index (κ3) is 46.2. The highest BCUT2D eigenvalue weighted by molar-refractivity contribution is 5.71. The Balaban J connectivity index is 4.29. The third-order valence-electron chi connectivity index (χ3n) is 13.1. The molecule has 0 aromatic carbocycles. The molecule has 0 aliphatic carbocycles. The molecule has 362 valence electrons. The molecule has 0 saturated heterocycles. The van der Waals surface area contributed by atoms with Gasteiger partial charge in [0.25, 0.3) is 0 Å². The molecule has 2 unspecified atom stereocenters. The highest BCUT2D eigenvalue weighted by Gasteiger charge is 2.19. The largest absolute Gasteiger partial charge is 0.462 e. The highest BCUT2D eigenvalue weighted by atomic mass is 16.6. The van der Waals surface area contributed by atoms with Crippen LogP contribution in [0.4, 0.5) is 0 Å². The van der Waals surface area contributed by atoms with Crippen molar-refractivity contribution in [2.45, 2.75) is 304 Å². The van der Waals surface area contributed by atoms with Crippen molar-refractivity contribution in [3.8, 4) is 0 Å². The number of hydrogen-bond donors (Lipinski definition) is 0. The molecule has 6 heteroatoms. The molecule has 0 radical (unpaired) electrons. The first-order valence-electron chi connectivity index (χ1n) is 27.2. The summed E-state index contributed by atoms with van der Waals surface area (Å²) in [7, 11) is 0. The van der Waals surface area contributed by atoms with E-state index in [9.17, 15) is 14.4 Å². The maximum atomic E-state index is 12.8. The summed E-state index contributed by atoms with van der Waals surface area (Å²) in [5, 5.41) is 0. The minimum atomic E-state index is -0.763. The van der Waals surface area contributed by atoms with E-state index in [2.05, 4.69) is 41.5 Å². The topological polar surface area (TPSA) is 78.9 Å². The lowest BCUT2D eigenvalue weighted by Gasteiger charge is -2.18. The lowest BCUT2D eigenvalue weighted by atomic mass is 9.99. The standard InChI is InChI=1S/C55H106O6/c1-7-50(5)42-36-30-24-18-13-11-9-10-12-14-19-26-32-38-44-53(56)59-47-52(61-55(58)46-40-34-28-22-21-25-31-37-43-51(6)8-2)48-60-54(57)45-39-33-27-20-16-15-17-23-29-35-41-49(3)4/h49-52H,7-48H2,1-6H3/t50?,51?,52-/m0/s1. The third-order valence-corrected chi connectivity index (χ3v) is 13.1. The van der Waals surface area contributed by atoms with Crippen LogP contribution in [0.15, 0.2) is 0 Å². The molecule has 0 spiro atoms. The number of carbonyl (C=O) groups excluding carboxylic acids is 3. The lowest BCUT2D eigenvalue weighted by molar-refractivity contribution is -0.167. The Hall–Kier alpha value is -1.59. The van der Waals surface area contributed by atoms with E-state index in [1.807, 2.05) is 0 Å². The molecule has 0 aromatic heterocycles. The maximum absolute atomic E-state index is 12.8. The van der Waals surface area contributed by atoms with Gasteiger partial charge in [0, 0.05) is 19.3 Å². The van der Waals surface area contributed by atoms with Gasteiger partial charge in [-0.1, -0.05) is 260 Å². The van der Waals surface area contributed by atoms with Crippen molar-refractivity contribution < 1.29 is 28.6 Å². The number of unbranched alkanes of at least 4 members (excludes halogenated alkanes) is 29. The number of hydrogen-bond acceptors (Lipinski definition) is 6. The SMILES string of the molecule is CCC(C)CCCCCCCCCCCCCCCCC(=O)OC[C@@H](COC(=O)CCCCCCCCCCCCC(C)C)OC(=O)CCCCCCCCCCC(C)CC. The first-order chi connectivity index (χ1) is 29.7. The van der Waals surface area contributed by atoms with Crippen LogP contribution in [-0.2, 0) is 28.6 Å². The van der Waals surface area contributed by atoms with Gasteiger partial charge in [-0.3, -0.25) is 14.4 Å². The van der Waals surface area contributed by atoms with E-state index < -0.39 is 6.10 Å². The van der Waals surface area contributed by atoms with Crippen molar-refractivity contribution in [1.29, 1.82) is 0 Å². The van der Waals surface area contributed by atoms with Crippen molar-refractivity contribution in [3.63, 3.8) is 0 Å². The van der Waals surface area contributed by atoms with E-state index in [-0.39, 0.29) is 31.1 Å². The number of rotatable bonds is 48. The number of ether oxygens (including phenoxy) is 3. The molecular formula is C55H106O6. The smallest absolute Gasteiger partial charge is 0.306 e. The van der Waals surface area contributed by atoms with Gasteiger partial charge in [0.15, 0.2) is 6.10 Å². The average molecular weight is 863 g/mol.